The van der Waals surface area contributed by atoms with Gasteiger partial charge in [-0.15, -0.1) is 11.8 Å². The minimum absolute atomic E-state index is 0.373. The highest BCUT2D eigenvalue weighted by atomic mass is 79.9. The van der Waals surface area contributed by atoms with Crippen molar-refractivity contribution in [2.24, 2.45) is 0 Å². The lowest BCUT2D eigenvalue weighted by Gasteiger charge is -2.24. The number of thioether (sulfide) groups is 1. The van der Waals surface area contributed by atoms with Crippen LogP contribution in [0.5, 0.6) is 0 Å². The van der Waals surface area contributed by atoms with Crippen LogP contribution in [0.1, 0.15) is 26.2 Å². The fourth-order valence-electron chi connectivity index (χ4n) is 1.69. The third kappa shape index (κ3) is 4.27. The SMILES string of the molecule is CCC(C#N)(CCCSc1ncccc1Br)NC. The van der Waals surface area contributed by atoms with Crippen molar-refractivity contribution in [3.8, 4) is 6.07 Å². The fourth-order valence-corrected chi connectivity index (χ4v) is 3.11. The molecule has 0 aliphatic heterocycles. The monoisotopic (exact) mass is 327 g/mol. The molecule has 1 N–H and O–H groups in total. The molecule has 0 saturated heterocycles. The van der Waals surface area contributed by atoms with Gasteiger partial charge in [0.15, 0.2) is 0 Å². The predicted octanol–water partition coefficient (Wildman–Crippen LogP) is 3.61. The average molecular weight is 328 g/mol. The molecule has 0 aromatic carbocycles. The summed E-state index contributed by atoms with van der Waals surface area (Å²) in [7, 11) is 1.86. The van der Waals surface area contributed by atoms with Crippen LogP contribution in [0.25, 0.3) is 0 Å². The number of rotatable bonds is 7. The van der Waals surface area contributed by atoms with E-state index >= 15 is 0 Å². The molecule has 0 spiro atoms. The molecule has 0 amide bonds. The van der Waals surface area contributed by atoms with Crippen molar-refractivity contribution >= 4 is 27.7 Å². The fraction of sp³-hybridized carbons (Fsp3) is 0.538. The summed E-state index contributed by atoms with van der Waals surface area (Å²) in [5, 5.41) is 13.3. The van der Waals surface area contributed by atoms with Gasteiger partial charge in [-0.1, -0.05) is 6.92 Å². The quantitative estimate of drug-likeness (QED) is 0.614. The van der Waals surface area contributed by atoms with Gasteiger partial charge in [0.25, 0.3) is 0 Å². The van der Waals surface area contributed by atoms with Crippen molar-refractivity contribution in [2.45, 2.75) is 36.8 Å². The van der Waals surface area contributed by atoms with Gasteiger partial charge in [0.05, 0.1) is 6.07 Å². The standard InChI is InChI=1S/C13H18BrN3S/c1-3-13(10-15,16-2)7-5-9-18-12-11(14)6-4-8-17-12/h4,6,8,16H,3,5,7,9H2,1-2H3. The van der Waals surface area contributed by atoms with Gasteiger partial charge in [-0.3, -0.25) is 0 Å². The Morgan fingerprint density at radius 1 is 1.61 bits per heavy atom. The van der Waals surface area contributed by atoms with Crippen LogP contribution >= 0.6 is 27.7 Å². The van der Waals surface area contributed by atoms with Gasteiger partial charge in [0.2, 0.25) is 0 Å². The summed E-state index contributed by atoms with van der Waals surface area (Å²) in [5.41, 5.74) is -0.373. The summed E-state index contributed by atoms with van der Waals surface area (Å²) in [6.45, 7) is 2.04. The maximum absolute atomic E-state index is 9.20. The van der Waals surface area contributed by atoms with Gasteiger partial charge >= 0.3 is 0 Å². The van der Waals surface area contributed by atoms with E-state index in [1.54, 1.807) is 18.0 Å². The lowest BCUT2D eigenvalue weighted by molar-refractivity contribution is 0.400. The predicted molar refractivity (Wildman–Crippen MR) is 79.6 cm³/mol. The van der Waals surface area contributed by atoms with E-state index in [4.69, 9.17) is 0 Å². The van der Waals surface area contributed by atoms with E-state index in [0.29, 0.717) is 0 Å². The zero-order valence-corrected chi connectivity index (χ0v) is 13.1. The van der Waals surface area contributed by atoms with Crippen LogP contribution in [0.2, 0.25) is 0 Å². The normalized spacial score (nSPS) is 13.9. The molecule has 1 atom stereocenters. The average Bonchev–Trinajstić information content (AvgIpc) is 2.42. The molecule has 1 aromatic rings. The van der Waals surface area contributed by atoms with E-state index in [0.717, 1.165) is 34.5 Å². The Labute approximate surface area is 122 Å². The van der Waals surface area contributed by atoms with Crippen molar-refractivity contribution in [1.82, 2.24) is 10.3 Å². The highest BCUT2D eigenvalue weighted by Gasteiger charge is 2.24. The molecule has 0 aliphatic carbocycles. The lowest BCUT2D eigenvalue weighted by Crippen LogP contribution is -2.40. The Morgan fingerprint density at radius 2 is 2.39 bits per heavy atom. The molecule has 0 bridgehead atoms. The maximum atomic E-state index is 9.20. The topological polar surface area (TPSA) is 48.7 Å². The van der Waals surface area contributed by atoms with Gasteiger partial charge in [-0.2, -0.15) is 5.26 Å². The number of halogens is 1. The molecule has 18 heavy (non-hydrogen) atoms. The summed E-state index contributed by atoms with van der Waals surface area (Å²) in [4.78, 5) is 4.31. The number of hydrogen-bond donors (Lipinski definition) is 1. The number of aromatic nitrogens is 1. The molecular formula is C13H18BrN3S. The minimum atomic E-state index is -0.373. The van der Waals surface area contributed by atoms with E-state index in [1.807, 2.05) is 26.1 Å². The number of nitrogens with zero attached hydrogens (tertiary/aromatic N) is 2. The number of hydrogen-bond acceptors (Lipinski definition) is 4. The first kappa shape index (κ1) is 15.5. The molecule has 5 heteroatoms. The first-order chi connectivity index (χ1) is 8.67. The Balaban J connectivity index is 2.40. The number of nitrogens with one attached hydrogen (secondary N) is 1. The van der Waals surface area contributed by atoms with Crippen LogP contribution in [0.3, 0.4) is 0 Å². The van der Waals surface area contributed by atoms with Crippen molar-refractivity contribution in [2.75, 3.05) is 12.8 Å². The zero-order valence-electron chi connectivity index (χ0n) is 10.7. The van der Waals surface area contributed by atoms with Gasteiger partial charge in [0.1, 0.15) is 10.6 Å². The Morgan fingerprint density at radius 3 is 2.94 bits per heavy atom. The molecule has 3 nitrogen and oxygen atoms in total. The first-order valence-corrected chi connectivity index (χ1v) is 7.79. The molecule has 0 saturated carbocycles. The molecule has 98 valence electrons. The van der Waals surface area contributed by atoms with Crippen LogP contribution in [-0.2, 0) is 0 Å². The minimum Gasteiger partial charge on any atom is -0.302 e. The lowest BCUT2D eigenvalue weighted by atomic mass is 9.93. The first-order valence-electron chi connectivity index (χ1n) is 6.01. The van der Waals surface area contributed by atoms with E-state index < -0.39 is 0 Å². The second-order valence-corrected chi connectivity index (χ2v) is 5.98. The molecule has 1 unspecified atom stereocenters. The molecule has 0 aliphatic rings. The molecule has 1 aromatic heterocycles. The molecule has 1 heterocycles. The van der Waals surface area contributed by atoms with Gasteiger partial charge in [0, 0.05) is 10.7 Å². The summed E-state index contributed by atoms with van der Waals surface area (Å²) in [6.07, 6.45) is 4.49. The van der Waals surface area contributed by atoms with Crippen molar-refractivity contribution in [3.63, 3.8) is 0 Å². The number of pyridine rings is 1. The molecular weight excluding hydrogens is 310 g/mol. The van der Waals surface area contributed by atoms with E-state index in [9.17, 15) is 5.26 Å². The van der Waals surface area contributed by atoms with Crippen LogP contribution < -0.4 is 5.32 Å². The Bertz CT molecular complexity index is 413. The summed E-state index contributed by atoms with van der Waals surface area (Å²) >= 11 is 5.20. The van der Waals surface area contributed by atoms with Crippen LogP contribution in [-0.4, -0.2) is 23.3 Å². The second kappa shape index (κ2) is 7.78. The van der Waals surface area contributed by atoms with E-state index in [1.165, 1.54) is 0 Å². The third-order valence-corrected chi connectivity index (χ3v) is 5.00. The highest BCUT2D eigenvalue weighted by molar-refractivity contribution is 9.10. The van der Waals surface area contributed by atoms with Crippen molar-refractivity contribution < 1.29 is 0 Å². The van der Waals surface area contributed by atoms with E-state index in [-0.39, 0.29) is 5.54 Å². The van der Waals surface area contributed by atoms with Gasteiger partial charge in [-0.05, 0) is 60.1 Å². The van der Waals surface area contributed by atoms with Gasteiger partial charge < -0.3 is 5.32 Å². The Hall–Kier alpha value is -0.570. The van der Waals surface area contributed by atoms with Gasteiger partial charge in [-0.25, -0.2) is 4.98 Å². The zero-order chi connectivity index (χ0) is 13.4. The Kier molecular flexibility index (Phi) is 6.69. The van der Waals surface area contributed by atoms with Crippen LogP contribution in [0.4, 0.5) is 0 Å². The second-order valence-electron chi connectivity index (χ2n) is 4.04. The summed E-state index contributed by atoms with van der Waals surface area (Å²) < 4.78 is 1.03. The maximum Gasteiger partial charge on any atom is 0.110 e. The summed E-state index contributed by atoms with van der Waals surface area (Å²) in [5.74, 6) is 0.973. The molecule has 0 fully saturated rings. The van der Waals surface area contributed by atoms with Crippen molar-refractivity contribution in [1.29, 1.82) is 5.26 Å². The van der Waals surface area contributed by atoms with Crippen molar-refractivity contribution in [3.05, 3.63) is 22.8 Å². The third-order valence-electron chi connectivity index (χ3n) is 3.01. The largest absolute Gasteiger partial charge is 0.302 e. The number of nitriles is 1. The smallest absolute Gasteiger partial charge is 0.110 e. The van der Waals surface area contributed by atoms with Crippen LogP contribution in [0.15, 0.2) is 27.8 Å². The van der Waals surface area contributed by atoms with Crippen LogP contribution in [0, 0.1) is 11.3 Å². The molecule has 1 rings (SSSR count). The van der Waals surface area contributed by atoms with E-state index in [2.05, 4.69) is 32.3 Å². The highest BCUT2D eigenvalue weighted by Crippen LogP contribution is 2.26. The molecule has 0 radical (unpaired) electrons. The summed E-state index contributed by atoms with van der Waals surface area (Å²) in [6, 6.07) is 6.28.